The zero-order valence-corrected chi connectivity index (χ0v) is 20.8. The highest BCUT2D eigenvalue weighted by Gasteiger charge is 2.36. The van der Waals surface area contributed by atoms with Gasteiger partial charge >= 0.3 is 0 Å². The van der Waals surface area contributed by atoms with Gasteiger partial charge in [-0.05, 0) is 85.2 Å². The molecule has 2 aliphatic carbocycles. The van der Waals surface area contributed by atoms with E-state index in [9.17, 15) is 9.59 Å². The number of carbonyl (C=O) groups excluding carboxylic acids is 2. The van der Waals surface area contributed by atoms with E-state index in [4.69, 9.17) is 13.9 Å². The van der Waals surface area contributed by atoms with E-state index in [0.717, 1.165) is 44.9 Å². The second-order valence-corrected chi connectivity index (χ2v) is 9.47. The van der Waals surface area contributed by atoms with Gasteiger partial charge in [-0.1, -0.05) is 25.0 Å². The van der Waals surface area contributed by atoms with Gasteiger partial charge in [0.2, 0.25) is 5.91 Å². The van der Waals surface area contributed by atoms with Gasteiger partial charge in [-0.2, -0.15) is 0 Å². The lowest BCUT2D eigenvalue weighted by molar-refractivity contribution is -0.123. The van der Waals surface area contributed by atoms with Crippen molar-refractivity contribution in [3.05, 3.63) is 77.2 Å². The number of benzene rings is 2. The smallest absolute Gasteiger partial charge is 0.294 e. The summed E-state index contributed by atoms with van der Waals surface area (Å²) in [6.45, 7) is 0. The number of amides is 2. The second-order valence-electron chi connectivity index (χ2n) is 9.47. The van der Waals surface area contributed by atoms with Gasteiger partial charge < -0.3 is 19.2 Å². The first-order valence-corrected chi connectivity index (χ1v) is 12.6. The van der Waals surface area contributed by atoms with Crippen molar-refractivity contribution in [1.29, 1.82) is 0 Å². The Labute approximate surface area is 211 Å². The molecule has 5 rings (SSSR count). The molecule has 1 aromatic heterocycles. The number of nitrogens with one attached hydrogen (secondary N) is 1. The summed E-state index contributed by atoms with van der Waals surface area (Å²) in [6, 6.07) is 13.9. The maximum Gasteiger partial charge on any atom is 0.294 e. The average molecular weight is 489 g/mol. The van der Waals surface area contributed by atoms with Crippen LogP contribution >= 0.6 is 0 Å². The highest BCUT2D eigenvalue weighted by atomic mass is 16.5. The number of nitrogens with zero attached hydrogens (tertiary/aromatic N) is 1. The second kappa shape index (κ2) is 10.5. The lowest BCUT2D eigenvalue weighted by Crippen LogP contribution is -2.46. The Kier molecular flexibility index (Phi) is 6.98. The van der Waals surface area contributed by atoms with Crippen LogP contribution in [-0.4, -0.2) is 32.1 Å². The predicted octanol–water partition coefficient (Wildman–Crippen LogP) is 5.23. The van der Waals surface area contributed by atoms with Crippen molar-refractivity contribution in [3.8, 4) is 11.5 Å². The molecule has 1 heterocycles. The molecule has 7 heteroatoms. The molecule has 188 valence electrons. The summed E-state index contributed by atoms with van der Waals surface area (Å²) in [4.78, 5) is 29.5. The third-order valence-electron chi connectivity index (χ3n) is 7.24. The van der Waals surface area contributed by atoms with Crippen molar-refractivity contribution in [2.75, 3.05) is 19.1 Å². The van der Waals surface area contributed by atoms with E-state index in [1.54, 1.807) is 43.4 Å². The molecule has 2 aliphatic rings. The molecule has 0 saturated heterocycles. The maximum absolute atomic E-state index is 14.0. The fourth-order valence-corrected chi connectivity index (χ4v) is 5.40. The van der Waals surface area contributed by atoms with Crippen LogP contribution < -0.4 is 19.7 Å². The van der Waals surface area contributed by atoms with Gasteiger partial charge in [0.05, 0.1) is 20.5 Å². The fraction of sp³-hybridized carbons (Fsp3) is 0.379. The Morgan fingerprint density at radius 2 is 1.72 bits per heavy atom. The zero-order chi connectivity index (χ0) is 25.1. The quantitative estimate of drug-likeness (QED) is 0.469. The molecule has 2 amide bonds. The van der Waals surface area contributed by atoms with Crippen LogP contribution in [0.1, 0.15) is 65.4 Å². The zero-order valence-electron chi connectivity index (χ0n) is 20.8. The molecule has 36 heavy (non-hydrogen) atoms. The van der Waals surface area contributed by atoms with E-state index in [2.05, 4.69) is 11.4 Å². The van der Waals surface area contributed by atoms with E-state index in [1.165, 1.54) is 17.4 Å². The van der Waals surface area contributed by atoms with E-state index in [1.807, 2.05) is 18.2 Å². The standard InChI is InChI=1S/C29H32N2O5/c1-34-24-15-13-21(18-26(24)35-2)27(28(32)30-22-9-3-4-10-22)31(29(33)25-11-6-16-36-25)23-14-12-19-7-5-8-20(19)17-23/h6,11-18,22,27H,3-5,7-10H2,1-2H3,(H,30,32)/t27-/m1/s1. The van der Waals surface area contributed by atoms with E-state index in [-0.39, 0.29) is 23.6 Å². The molecule has 2 aromatic carbocycles. The molecule has 0 aliphatic heterocycles. The van der Waals surface area contributed by atoms with Crippen molar-refractivity contribution in [3.63, 3.8) is 0 Å². The van der Waals surface area contributed by atoms with Crippen LogP contribution in [0.5, 0.6) is 11.5 Å². The summed E-state index contributed by atoms with van der Waals surface area (Å²) in [6.07, 6.45) is 8.61. The Morgan fingerprint density at radius 3 is 2.44 bits per heavy atom. The summed E-state index contributed by atoms with van der Waals surface area (Å²) >= 11 is 0. The highest BCUT2D eigenvalue weighted by Crippen LogP contribution is 2.37. The summed E-state index contributed by atoms with van der Waals surface area (Å²) in [7, 11) is 3.13. The number of hydrogen-bond acceptors (Lipinski definition) is 5. The highest BCUT2D eigenvalue weighted by molar-refractivity contribution is 6.08. The minimum absolute atomic E-state index is 0.0979. The first-order chi connectivity index (χ1) is 17.6. The van der Waals surface area contributed by atoms with Crippen molar-refractivity contribution in [2.24, 2.45) is 0 Å². The summed E-state index contributed by atoms with van der Waals surface area (Å²) in [5.74, 6) is 0.620. The summed E-state index contributed by atoms with van der Waals surface area (Å²) in [5, 5.41) is 3.21. The molecular weight excluding hydrogens is 456 g/mol. The summed E-state index contributed by atoms with van der Waals surface area (Å²) < 4.78 is 16.5. The molecule has 0 spiro atoms. The molecule has 1 saturated carbocycles. The number of ether oxygens (including phenoxy) is 2. The van der Waals surface area contributed by atoms with Gasteiger partial charge in [0, 0.05) is 11.7 Å². The molecular formula is C29H32N2O5. The molecule has 7 nitrogen and oxygen atoms in total. The van der Waals surface area contributed by atoms with Crippen LogP contribution in [0, 0.1) is 0 Å². The first kappa shape index (κ1) is 24.0. The Hall–Kier alpha value is -3.74. The van der Waals surface area contributed by atoms with E-state index < -0.39 is 6.04 Å². The molecule has 0 bridgehead atoms. The number of methoxy groups -OCH3 is 2. The largest absolute Gasteiger partial charge is 0.493 e. The lowest BCUT2D eigenvalue weighted by Gasteiger charge is -2.32. The number of fused-ring (bicyclic) bond motifs is 1. The number of carbonyl (C=O) groups is 2. The van der Waals surface area contributed by atoms with Crippen molar-refractivity contribution in [2.45, 2.75) is 57.0 Å². The fourth-order valence-electron chi connectivity index (χ4n) is 5.40. The minimum atomic E-state index is -0.928. The molecule has 3 aromatic rings. The van der Waals surface area contributed by atoms with Crippen molar-refractivity contribution >= 4 is 17.5 Å². The first-order valence-electron chi connectivity index (χ1n) is 12.6. The summed E-state index contributed by atoms with van der Waals surface area (Å²) in [5.41, 5.74) is 3.80. The predicted molar refractivity (Wildman–Crippen MR) is 137 cm³/mol. The van der Waals surface area contributed by atoms with Crippen LogP contribution in [0.4, 0.5) is 5.69 Å². The van der Waals surface area contributed by atoms with Gasteiger partial charge in [-0.25, -0.2) is 0 Å². The minimum Gasteiger partial charge on any atom is -0.493 e. The normalized spacial score (nSPS) is 15.8. The van der Waals surface area contributed by atoms with Crippen LogP contribution in [-0.2, 0) is 17.6 Å². The van der Waals surface area contributed by atoms with Crippen LogP contribution in [0.3, 0.4) is 0 Å². The Bertz CT molecular complexity index is 1230. The topological polar surface area (TPSA) is 81.0 Å². The lowest BCUT2D eigenvalue weighted by atomic mass is 10.00. The van der Waals surface area contributed by atoms with Gasteiger partial charge in [0.15, 0.2) is 17.3 Å². The van der Waals surface area contributed by atoms with E-state index in [0.29, 0.717) is 22.7 Å². The Morgan fingerprint density at radius 1 is 0.944 bits per heavy atom. The van der Waals surface area contributed by atoms with Gasteiger partial charge in [-0.15, -0.1) is 0 Å². The molecule has 0 radical (unpaired) electrons. The third kappa shape index (κ3) is 4.70. The molecule has 0 unspecified atom stereocenters. The van der Waals surface area contributed by atoms with Crippen LogP contribution in [0.25, 0.3) is 0 Å². The molecule has 1 N–H and O–H groups in total. The maximum atomic E-state index is 14.0. The average Bonchev–Trinajstić information content (AvgIpc) is 3.69. The van der Waals surface area contributed by atoms with Gasteiger partial charge in [0.25, 0.3) is 5.91 Å². The van der Waals surface area contributed by atoms with Crippen molar-refractivity contribution < 1.29 is 23.5 Å². The molecule has 1 fully saturated rings. The molecule has 1 atom stereocenters. The van der Waals surface area contributed by atoms with E-state index >= 15 is 0 Å². The van der Waals surface area contributed by atoms with Crippen LogP contribution in [0.15, 0.2) is 59.2 Å². The monoisotopic (exact) mass is 488 g/mol. The SMILES string of the molecule is COc1ccc([C@H](C(=O)NC2CCCC2)N(C(=O)c2ccco2)c2ccc3c(c2)CCC3)cc1OC. The number of aryl methyl sites for hydroxylation is 2. The third-order valence-corrected chi connectivity index (χ3v) is 7.24. The Balaban J connectivity index is 1.63. The number of anilines is 1. The van der Waals surface area contributed by atoms with Crippen molar-refractivity contribution in [1.82, 2.24) is 5.32 Å². The van der Waals surface area contributed by atoms with Crippen LogP contribution in [0.2, 0.25) is 0 Å². The number of furan rings is 1. The number of rotatable bonds is 8. The van der Waals surface area contributed by atoms with Gasteiger partial charge in [-0.3, -0.25) is 14.5 Å². The number of hydrogen-bond donors (Lipinski definition) is 1. The van der Waals surface area contributed by atoms with Gasteiger partial charge in [0.1, 0.15) is 6.04 Å².